The Hall–Kier alpha value is -0.770. The summed E-state index contributed by atoms with van der Waals surface area (Å²) in [6, 6.07) is 0. The fourth-order valence-electron chi connectivity index (χ4n) is 2.63. The van der Waals surface area contributed by atoms with Crippen LogP contribution in [-0.2, 0) is 4.79 Å². The first-order valence-corrected chi connectivity index (χ1v) is 6.04. The van der Waals surface area contributed by atoms with Crippen LogP contribution in [0.25, 0.3) is 0 Å². The maximum atomic E-state index is 12.0. The number of carbonyl (C=O) groups excluding carboxylic acids is 1. The van der Waals surface area contributed by atoms with E-state index < -0.39 is 0 Å². The summed E-state index contributed by atoms with van der Waals surface area (Å²) in [4.78, 5) is 12.0. The molecule has 1 heteroatoms. The Bertz CT molecular complexity index is 257. The van der Waals surface area contributed by atoms with Crippen molar-refractivity contribution >= 4 is 5.78 Å². The summed E-state index contributed by atoms with van der Waals surface area (Å²) in [5, 5.41) is 0. The van der Waals surface area contributed by atoms with Crippen molar-refractivity contribution in [1.82, 2.24) is 0 Å². The van der Waals surface area contributed by atoms with Crippen molar-refractivity contribution < 1.29 is 4.79 Å². The van der Waals surface area contributed by atoms with E-state index in [0.717, 1.165) is 19.3 Å². The standard InChI is InChI=1S/C14H22O/c1-4-5-6-10-13(15)12-9-7-8-11-14(12,2)3/h1,12H,5-11H2,2-3H3. The minimum atomic E-state index is 0.214. The Morgan fingerprint density at radius 3 is 2.80 bits per heavy atom. The molecule has 0 aromatic heterocycles. The molecule has 1 aliphatic rings. The Labute approximate surface area is 93.6 Å². The van der Waals surface area contributed by atoms with Crippen molar-refractivity contribution in [1.29, 1.82) is 0 Å². The van der Waals surface area contributed by atoms with Gasteiger partial charge in [0.2, 0.25) is 0 Å². The molecular weight excluding hydrogens is 184 g/mol. The first-order chi connectivity index (χ1) is 7.08. The van der Waals surface area contributed by atoms with Gasteiger partial charge in [-0.25, -0.2) is 0 Å². The lowest BCUT2D eigenvalue weighted by molar-refractivity contribution is -0.128. The number of hydrogen-bond acceptors (Lipinski definition) is 1. The second-order valence-corrected chi connectivity index (χ2v) is 5.31. The van der Waals surface area contributed by atoms with Gasteiger partial charge in [0.1, 0.15) is 5.78 Å². The monoisotopic (exact) mass is 206 g/mol. The molecule has 0 N–H and O–H groups in total. The molecule has 0 aliphatic heterocycles. The highest BCUT2D eigenvalue weighted by Crippen LogP contribution is 2.41. The van der Waals surface area contributed by atoms with E-state index in [1.807, 2.05) is 0 Å². The van der Waals surface area contributed by atoms with Crippen molar-refractivity contribution in [3.05, 3.63) is 0 Å². The predicted octanol–water partition coefficient (Wildman–Crippen LogP) is 3.58. The normalized spacial score (nSPS) is 24.5. The van der Waals surface area contributed by atoms with E-state index in [9.17, 15) is 4.79 Å². The van der Waals surface area contributed by atoms with Gasteiger partial charge in [-0.3, -0.25) is 4.79 Å². The van der Waals surface area contributed by atoms with E-state index in [-0.39, 0.29) is 11.3 Å². The Morgan fingerprint density at radius 2 is 2.20 bits per heavy atom. The minimum absolute atomic E-state index is 0.214. The molecule has 1 rings (SSSR count). The maximum absolute atomic E-state index is 12.0. The molecule has 0 spiro atoms. The smallest absolute Gasteiger partial charge is 0.136 e. The maximum Gasteiger partial charge on any atom is 0.136 e. The highest BCUT2D eigenvalue weighted by molar-refractivity contribution is 5.81. The molecule has 1 atom stereocenters. The van der Waals surface area contributed by atoms with Gasteiger partial charge in [-0.05, 0) is 24.7 Å². The molecule has 1 nitrogen and oxygen atoms in total. The van der Waals surface area contributed by atoms with Gasteiger partial charge in [0.25, 0.3) is 0 Å². The van der Waals surface area contributed by atoms with E-state index in [0.29, 0.717) is 12.2 Å². The van der Waals surface area contributed by atoms with E-state index >= 15 is 0 Å². The molecule has 84 valence electrons. The zero-order valence-electron chi connectivity index (χ0n) is 10.0. The topological polar surface area (TPSA) is 17.1 Å². The molecule has 0 radical (unpaired) electrons. The molecule has 0 aromatic rings. The molecule has 15 heavy (non-hydrogen) atoms. The Kier molecular flexibility index (Phi) is 4.39. The molecule has 0 heterocycles. The SMILES string of the molecule is C#CCCCC(=O)C1CCCCC1(C)C. The van der Waals surface area contributed by atoms with E-state index in [2.05, 4.69) is 19.8 Å². The average molecular weight is 206 g/mol. The lowest BCUT2D eigenvalue weighted by Gasteiger charge is -2.37. The number of terminal acetylenes is 1. The Morgan fingerprint density at radius 1 is 1.47 bits per heavy atom. The van der Waals surface area contributed by atoms with Crippen molar-refractivity contribution in [2.75, 3.05) is 0 Å². The summed E-state index contributed by atoms with van der Waals surface area (Å²) in [7, 11) is 0. The van der Waals surface area contributed by atoms with Gasteiger partial charge >= 0.3 is 0 Å². The number of carbonyl (C=O) groups is 1. The number of rotatable bonds is 4. The molecule has 1 aliphatic carbocycles. The van der Waals surface area contributed by atoms with E-state index in [4.69, 9.17) is 6.42 Å². The molecule has 0 aromatic carbocycles. The van der Waals surface area contributed by atoms with Crippen LogP contribution < -0.4 is 0 Å². The quantitative estimate of drug-likeness (QED) is 0.507. The first kappa shape index (κ1) is 12.3. The first-order valence-electron chi connectivity index (χ1n) is 6.04. The highest BCUT2D eigenvalue weighted by atomic mass is 16.1. The minimum Gasteiger partial charge on any atom is -0.299 e. The van der Waals surface area contributed by atoms with Crippen LogP contribution in [0.5, 0.6) is 0 Å². The summed E-state index contributed by atoms with van der Waals surface area (Å²) in [5.74, 6) is 3.32. The molecule has 1 unspecified atom stereocenters. The molecule has 0 amide bonds. The van der Waals surface area contributed by atoms with Crippen molar-refractivity contribution in [2.24, 2.45) is 11.3 Å². The summed E-state index contributed by atoms with van der Waals surface area (Å²) < 4.78 is 0. The van der Waals surface area contributed by atoms with E-state index in [1.165, 1.54) is 19.3 Å². The second-order valence-electron chi connectivity index (χ2n) is 5.31. The van der Waals surface area contributed by atoms with Crippen LogP contribution in [0, 0.1) is 23.7 Å². The van der Waals surface area contributed by atoms with Crippen molar-refractivity contribution in [3.63, 3.8) is 0 Å². The molecular formula is C14H22O. The third-order valence-corrected chi connectivity index (χ3v) is 3.64. The molecule has 0 saturated heterocycles. The van der Waals surface area contributed by atoms with Gasteiger partial charge in [0.05, 0.1) is 0 Å². The molecule has 1 saturated carbocycles. The summed E-state index contributed by atoms with van der Waals surface area (Å²) >= 11 is 0. The third-order valence-electron chi connectivity index (χ3n) is 3.64. The van der Waals surface area contributed by atoms with Crippen LogP contribution >= 0.6 is 0 Å². The lowest BCUT2D eigenvalue weighted by Crippen LogP contribution is -2.33. The summed E-state index contributed by atoms with van der Waals surface area (Å²) in [5.41, 5.74) is 0.214. The van der Waals surface area contributed by atoms with Gasteiger partial charge < -0.3 is 0 Å². The van der Waals surface area contributed by atoms with Crippen LogP contribution in [0.15, 0.2) is 0 Å². The van der Waals surface area contributed by atoms with Gasteiger partial charge in [-0.1, -0.05) is 26.7 Å². The zero-order chi connectivity index (χ0) is 11.3. The third kappa shape index (κ3) is 3.38. The largest absolute Gasteiger partial charge is 0.299 e. The van der Waals surface area contributed by atoms with Crippen LogP contribution in [0.1, 0.15) is 58.8 Å². The zero-order valence-corrected chi connectivity index (χ0v) is 10.0. The summed E-state index contributed by atoms with van der Waals surface area (Å²) in [6.07, 6.45) is 12.2. The van der Waals surface area contributed by atoms with E-state index in [1.54, 1.807) is 0 Å². The predicted molar refractivity (Wildman–Crippen MR) is 63.4 cm³/mol. The fourth-order valence-corrected chi connectivity index (χ4v) is 2.63. The summed E-state index contributed by atoms with van der Waals surface area (Å²) in [6.45, 7) is 4.46. The number of unbranched alkanes of at least 4 members (excludes halogenated alkanes) is 1. The van der Waals surface area contributed by atoms with Crippen LogP contribution in [0.3, 0.4) is 0 Å². The van der Waals surface area contributed by atoms with Crippen LogP contribution in [-0.4, -0.2) is 5.78 Å². The van der Waals surface area contributed by atoms with Gasteiger partial charge in [-0.15, -0.1) is 12.3 Å². The fraction of sp³-hybridized carbons (Fsp3) is 0.786. The van der Waals surface area contributed by atoms with Gasteiger partial charge in [0.15, 0.2) is 0 Å². The van der Waals surface area contributed by atoms with Crippen LogP contribution in [0.2, 0.25) is 0 Å². The van der Waals surface area contributed by atoms with Gasteiger partial charge in [-0.2, -0.15) is 0 Å². The average Bonchev–Trinajstić information content (AvgIpc) is 2.17. The van der Waals surface area contributed by atoms with Crippen molar-refractivity contribution in [3.8, 4) is 12.3 Å². The number of hydrogen-bond donors (Lipinski definition) is 0. The lowest BCUT2D eigenvalue weighted by atomic mass is 9.66. The Balaban J connectivity index is 2.47. The second kappa shape index (κ2) is 5.35. The highest BCUT2D eigenvalue weighted by Gasteiger charge is 2.36. The van der Waals surface area contributed by atoms with Gasteiger partial charge in [0, 0.05) is 18.8 Å². The molecule has 1 fully saturated rings. The number of Topliss-reactive ketones (excluding diaryl/α,β-unsaturated/α-hetero) is 1. The van der Waals surface area contributed by atoms with Crippen molar-refractivity contribution in [2.45, 2.75) is 58.8 Å². The molecule has 0 bridgehead atoms. The van der Waals surface area contributed by atoms with Crippen LogP contribution in [0.4, 0.5) is 0 Å². The number of ketones is 1.